The summed E-state index contributed by atoms with van der Waals surface area (Å²) in [5.74, 6) is -0.196. The molecular weight excluding hydrogens is 450 g/mol. The van der Waals surface area contributed by atoms with Crippen LogP contribution in [0.15, 0.2) is 12.4 Å². The van der Waals surface area contributed by atoms with Crippen LogP contribution in [0.3, 0.4) is 0 Å². The van der Waals surface area contributed by atoms with Gasteiger partial charge in [-0.05, 0) is 52.4 Å². The molecule has 35 heavy (non-hydrogen) atoms. The first-order chi connectivity index (χ1) is 16.9. The number of fused-ring (bicyclic) bond motifs is 1. The van der Waals surface area contributed by atoms with E-state index in [2.05, 4.69) is 11.3 Å². The summed E-state index contributed by atoms with van der Waals surface area (Å²) in [5.41, 5.74) is 4.39. The normalized spacial score (nSPS) is 31.7. The van der Waals surface area contributed by atoms with Gasteiger partial charge in [0.25, 0.3) is 0 Å². The molecule has 0 N–H and O–H groups in total. The van der Waals surface area contributed by atoms with Gasteiger partial charge in [-0.3, -0.25) is 4.68 Å². The minimum Gasteiger partial charge on any atom is -0.373 e. The Hall–Kier alpha value is -2.55. The lowest BCUT2D eigenvalue weighted by molar-refractivity contribution is 0.00388. The number of nitrogens with zero attached hydrogens (tertiary/aromatic N) is 6. The van der Waals surface area contributed by atoms with Crippen molar-refractivity contribution in [3.05, 3.63) is 40.9 Å². The van der Waals surface area contributed by atoms with Crippen molar-refractivity contribution in [2.24, 2.45) is 5.92 Å². The Bertz CT molecular complexity index is 1230. The van der Waals surface area contributed by atoms with Gasteiger partial charge in [-0.2, -0.15) is 5.10 Å². The molecule has 9 heteroatoms. The fourth-order valence-corrected chi connectivity index (χ4v) is 5.46. The van der Waals surface area contributed by atoms with E-state index >= 15 is 0 Å². The van der Waals surface area contributed by atoms with Crippen LogP contribution in [0.2, 0.25) is 0 Å². The number of ether oxygens (including phenoxy) is 1. The van der Waals surface area contributed by atoms with E-state index in [9.17, 15) is 8.78 Å². The summed E-state index contributed by atoms with van der Waals surface area (Å²) >= 11 is 0. The highest BCUT2D eigenvalue weighted by Gasteiger charge is 2.39. The van der Waals surface area contributed by atoms with Crippen LogP contribution in [-0.4, -0.2) is 48.7 Å². The zero-order chi connectivity index (χ0) is 24.3. The van der Waals surface area contributed by atoms with E-state index in [0.29, 0.717) is 35.3 Å². The van der Waals surface area contributed by atoms with Crippen LogP contribution in [0.25, 0.3) is 11.2 Å². The number of aromatic nitrogens is 6. The number of halogens is 2. The average molecular weight is 483 g/mol. The Morgan fingerprint density at radius 1 is 0.914 bits per heavy atom. The van der Waals surface area contributed by atoms with Crippen molar-refractivity contribution in [1.29, 1.82) is 0 Å². The summed E-state index contributed by atoms with van der Waals surface area (Å²) in [6, 6.07) is 0.525. The molecule has 6 rings (SSSR count). The fraction of sp³-hybridized carbons (Fsp3) is 0.654. The van der Waals surface area contributed by atoms with Gasteiger partial charge in [0.05, 0.1) is 35.4 Å². The van der Waals surface area contributed by atoms with Crippen molar-refractivity contribution in [2.45, 2.75) is 95.6 Å². The largest absolute Gasteiger partial charge is 0.373 e. The van der Waals surface area contributed by atoms with Crippen molar-refractivity contribution < 1.29 is 13.5 Å². The molecule has 0 radical (unpaired) electrons. The van der Waals surface area contributed by atoms with Gasteiger partial charge in [-0.1, -0.05) is 6.92 Å². The van der Waals surface area contributed by atoms with Crippen molar-refractivity contribution in [1.82, 2.24) is 29.7 Å². The number of alkyl halides is 2. The van der Waals surface area contributed by atoms with Crippen molar-refractivity contribution >= 4 is 11.2 Å². The van der Waals surface area contributed by atoms with Gasteiger partial charge in [-0.15, -0.1) is 0 Å². The van der Waals surface area contributed by atoms with E-state index in [1.807, 2.05) is 24.7 Å². The van der Waals surface area contributed by atoms with Gasteiger partial charge in [0.2, 0.25) is 0 Å². The van der Waals surface area contributed by atoms with Gasteiger partial charge >= 0.3 is 0 Å². The Labute approximate surface area is 203 Å². The molecule has 1 aliphatic heterocycles. The van der Waals surface area contributed by atoms with Crippen LogP contribution >= 0.6 is 0 Å². The number of hydrogen-bond donors (Lipinski definition) is 0. The highest BCUT2D eigenvalue weighted by molar-refractivity contribution is 5.73. The molecule has 2 aliphatic carbocycles. The third-order valence-electron chi connectivity index (χ3n) is 8.10. The number of rotatable bonds is 4. The van der Waals surface area contributed by atoms with Crippen molar-refractivity contribution in [3.8, 4) is 0 Å². The van der Waals surface area contributed by atoms with Gasteiger partial charge in [0.1, 0.15) is 23.7 Å². The van der Waals surface area contributed by atoms with Crippen LogP contribution in [0.5, 0.6) is 0 Å². The molecule has 186 valence electrons. The Balaban J connectivity index is 1.35. The standard InChI is InChI=1S/C26H32F2N6O/c1-13-20(27)8-17(9-21(13)28)23-24-26(31-15(3)14(2)30-24)33-25(32-23)16-6-7-35-22(10-16)18-11-29-34(12-18)19-4-5-19/h11-13,16-17,19-22H,4-10H2,1-3H3/t13?,16-,17?,20-,21+,22+/m0/s1. The minimum absolute atomic E-state index is 0.0643. The molecule has 2 saturated carbocycles. The maximum Gasteiger partial charge on any atom is 0.182 e. The lowest BCUT2D eigenvalue weighted by Crippen LogP contribution is -2.33. The molecule has 3 aromatic heterocycles. The third kappa shape index (κ3) is 4.32. The number of aryl methyl sites for hydroxylation is 2. The second-order valence-electron chi connectivity index (χ2n) is 10.7. The Kier molecular flexibility index (Phi) is 5.78. The summed E-state index contributed by atoms with van der Waals surface area (Å²) in [7, 11) is 0. The topological polar surface area (TPSA) is 78.6 Å². The van der Waals surface area contributed by atoms with E-state index in [-0.39, 0.29) is 30.8 Å². The Morgan fingerprint density at radius 2 is 1.66 bits per heavy atom. The monoisotopic (exact) mass is 482 g/mol. The van der Waals surface area contributed by atoms with Gasteiger partial charge < -0.3 is 4.74 Å². The predicted molar refractivity (Wildman–Crippen MR) is 127 cm³/mol. The molecule has 3 fully saturated rings. The van der Waals surface area contributed by atoms with Gasteiger partial charge in [0, 0.05) is 36.1 Å². The molecule has 0 spiro atoms. The second-order valence-corrected chi connectivity index (χ2v) is 10.7. The lowest BCUT2D eigenvalue weighted by Gasteiger charge is -2.33. The minimum atomic E-state index is -1.20. The van der Waals surface area contributed by atoms with Gasteiger partial charge in [-0.25, -0.2) is 28.7 Å². The lowest BCUT2D eigenvalue weighted by atomic mass is 9.78. The van der Waals surface area contributed by atoms with E-state index in [1.54, 1.807) is 6.92 Å². The fourth-order valence-electron chi connectivity index (χ4n) is 5.46. The SMILES string of the molecule is Cc1nc2nc([C@H]3CCO[C@@H](c4cnn(C5CC5)c4)C3)nc(C3C[C@@H](F)C(C)[C@@H](F)C3)c2nc1C. The molecule has 0 amide bonds. The van der Waals surface area contributed by atoms with Crippen LogP contribution in [0.4, 0.5) is 8.78 Å². The molecule has 4 heterocycles. The molecule has 0 bridgehead atoms. The number of hydrogen-bond acceptors (Lipinski definition) is 6. The first-order valence-electron chi connectivity index (χ1n) is 12.8. The van der Waals surface area contributed by atoms with Crippen molar-refractivity contribution in [2.75, 3.05) is 6.61 Å². The quantitative estimate of drug-likeness (QED) is 0.496. The van der Waals surface area contributed by atoms with E-state index in [1.165, 1.54) is 12.8 Å². The first-order valence-corrected chi connectivity index (χ1v) is 12.8. The van der Waals surface area contributed by atoms with Crippen molar-refractivity contribution in [3.63, 3.8) is 0 Å². The first kappa shape index (κ1) is 22.9. The molecular formula is C26H32F2N6O. The maximum absolute atomic E-state index is 14.7. The summed E-state index contributed by atoms with van der Waals surface area (Å²) in [5, 5.41) is 4.52. The summed E-state index contributed by atoms with van der Waals surface area (Å²) in [6.45, 7) is 6.04. The van der Waals surface area contributed by atoms with Gasteiger partial charge in [0.15, 0.2) is 5.65 Å². The summed E-state index contributed by atoms with van der Waals surface area (Å²) in [6.07, 6.45) is 5.91. The molecule has 3 aliphatic rings. The van der Waals surface area contributed by atoms with E-state index < -0.39 is 18.3 Å². The zero-order valence-electron chi connectivity index (χ0n) is 20.5. The highest BCUT2D eigenvalue weighted by atomic mass is 19.1. The van der Waals surface area contributed by atoms with E-state index in [4.69, 9.17) is 24.7 Å². The summed E-state index contributed by atoms with van der Waals surface area (Å²) in [4.78, 5) is 19.2. The molecule has 1 saturated heterocycles. The van der Waals surface area contributed by atoms with Crippen LogP contribution in [0.1, 0.15) is 97.9 Å². The zero-order valence-corrected chi connectivity index (χ0v) is 20.5. The molecule has 3 aromatic rings. The van der Waals surface area contributed by atoms with Crippen LogP contribution < -0.4 is 0 Å². The third-order valence-corrected chi connectivity index (χ3v) is 8.10. The predicted octanol–water partition coefficient (Wildman–Crippen LogP) is 5.39. The maximum atomic E-state index is 14.7. The Morgan fingerprint density at radius 3 is 2.40 bits per heavy atom. The molecule has 6 atom stereocenters. The molecule has 2 unspecified atom stereocenters. The van der Waals surface area contributed by atoms with Crippen LogP contribution in [0, 0.1) is 19.8 Å². The van der Waals surface area contributed by atoms with Crippen LogP contribution in [-0.2, 0) is 4.74 Å². The molecule has 7 nitrogen and oxygen atoms in total. The smallest absolute Gasteiger partial charge is 0.182 e. The summed E-state index contributed by atoms with van der Waals surface area (Å²) < 4.78 is 37.6. The average Bonchev–Trinajstić information content (AvgIpc) is 3.58. The molecule has 0 aromatic carbocycles. The highest BCUT2D eigenvalue weighted by Crippen LogP contribution is 2.42. The second kappa shape index (κ2) is 8.84. The van der Waals surface area contributed by atoms with E-state index in [0.717, 1.165) is 29.8 Å².